The smallest absolute Gasteiger partial charge is 0.262 e. The minimum Gasteiger partial charge on any atom is -0.262 e. The Balaban J connectivity index is 2.13. The maximum Gasteiger partial charge on any atom is 0.416 e. The van der Waals surface area contributed by atoms with Crippen molar-refractivity contribution < 1.29 is 25.8 Å². The van der Waals surface area contributed by atoms with Crippen LogP contribution >= 0.6 is 0 Å². The highest BCUT2D eigenvalue weighted by Crippen LogP contribution is 2.30. The maximum atomic E-state index is 12.4. The molecule has 0 radical (unpaired) electrons. The Morgan fingerprint density at radius 1 is 0.905 bits per heavy atom. The van der Waals surface area contributed by atoms with Gasteiger partial charge in [0, 0.05) is 0 Å². The van der Waals surface area contributed by atoms with Gasteiger partial charge in [-0.3, -0.25) is 4.18 Å². The zero-order valence-electron chi connectivity index (χ0n) is 10.7. The highest BCUT2D eigenvalue weighted by atomic mass is 32.2. The van der Waals surface area contributed by atoms with Gasteiger partial charge in [0.15, 0.2) is 0 Å². The van der Waals surface area contributed by atoms with Crippen molar-refractivity contribution in [1.29, 1.82) is 0 Å². The largest absolute Gasteiger partial charge is 0.416 e. The average Bonchev–Trinajstić information content (AvgIpc) is 2.46. The third kappa shape index (κ3) is 4.05. The van der Waals surface area contributed by atoms with Gasteiger partial charge in [-0.25, -0.2) is 0 Å². The van der Waals surface area contributed by atoms with Gasteiger partial charge < -0.3 is 0 Å². The molecule has 21 heavy (non-hydrogen) atoms. The molecule has 2 aromatic rings. The molecule has 3 nitrogen and oxygen atoms in total. The predicted octanol–water partition coefficient (Wildman–Crippen LogP) is 3.61. The quantitative estimate of drug-likeness (QED) is 0.809. The van der Waals surface area contributed by atoms with Gasteiger partial charge in [0.2, 0.25) is 0 Å². The van der Waals surface area contributed by atoms with E-state index in [-0.39, 0.29) is 11.5 Å². The third-order valence-corrected chi connectivity index (χ3v) is 3.97. The number of hydrogen-bond acceptors (Lipinski definition) is 3. The van der Waals surface area contributed by atoms with E-state index in [0.717, 1.165) is 12.1 Å². The van der Waals surface area contributed by atoms with Crippen LogP contribution in [0.15, 0.2) is 59.5 Å². The van der Waals surface area contributed by atoms with Crippen LogP contribution in [0.4, 0.5) is 13.2 Å². The molecule has 0 amide bonds. The molecule has 0 aromatic heterocycles. The summed E-state index contributed by atoms with van der Waals surface area (Å²) in [5.41, 5.74) is -0.266. The monoisotopic (exact) mass is 316 g/mol. The standard InChI is InChI=1S/C14H11F3O3S/c15-14(16,17)12-6-8-13(9-7-12)21(18,19)20-10-11-4-2-1-3-5-11/h1-9H,10H2. The van der Waals surface area contributed by atoms with Crippen molar-refractivity contribution in [2.24, 2.45) is 0 Å². The molecule has 0 unspecified atom stereocenters. The fourth-order valence-electron chi connectivity index (χ4n) is 1.60. The van der Waals surface area contributed by atoms with Crippen LogP contribution in [0.2, 0.25) is 0 Å². The Labute approximate surface area is 120 Å². The van der Waals surface area contributed by atoms with E-state index in [1.165, 1.54) is 0 Å². The Morgan fingerprint density at radius 3 is 2.00 bits per heavy atom. The molecule has 0 spiro atoms. The average molecular weight is 316 g/mol. The molecule has 0 saturated heterocycles. The normalized spacial score (nSPS) is 12.3. The molecule has 0 heterocycles. The molecule has 7 heteroatoms. The summed E-state index contributed by atoms with van der Waals surface area (Å²) in [7, 11) is -4.09. The first-order chi connectivity index (χ1) is 9.79. The summed E-state index contributed by atoms with van der Waals surface area (Å²) in [5, 5.41) is 0. The summed E-state index contributed by atoms with van der Waals surface area (Å²) in [6.45, 7) is -0.176. The van der Waals surface area contributed by atoms with Crippen LogP contribution < -0.4 is 0 Å². The van der Waals surface area contributed by atoms with Crippen LogP contribution in [0.5, 0.6) is 0 Å². The summed E-state index contributed by atoms with van der Waals surface area (Å²) in [6.07, 6.45) is -4.51. The molecule has 0 aliphatic rings. The molecule has 2 rings (SSSR count). The van der Waals surface area contributed by atoms with Crippen molar-refractivity contribution in [2.45, 2.75) is 17.7 Å². The van der Waals surface area contributed by atoms with E-state index >= 15 is 0 Å². The summed E-state index contributed by atoms with van der Waals surface area (Å²) in [6, 6.07) is 11.8. The molecule has 2 aromatic carbocycles. The predicted molar refractivity (Wildman–Crippen MR) is 69.9 cm³/mol. The molecule has 0 aliphatic heterocycles. The Kier molecular flexibility index (Phi) is 4.34. The van der Waals surface area contributed by atoms with Crippen LogP contribution in [-0.2, 0) is 27.1 Å². The Bertz CT molecular complexity index is 692. The van der Waals surface area contributed by atoms with Gasteiger partial charge in [0.05, 0.1) is 17.1 Å². The third-order valence-electron chi connectivity index (χ3n) is 2.69. The van der Waals surface area contributed by atoms with Crippen molar-refractivity contribution in [3.05, 3.63) is 65.7 Å². The molecule has 112 valence electrons. The van der Waals surface area contributed by atoms with E-state index in [2.05, 4.69) is 0 Å². The minimum atomic E-state index is -4.51. The van der Waals surface area contributed by atoms with Crippen molar-refractivity contribution >= 4 is 10.1 Å². The van der Waals surface area contributed by atoms with E-state index < -0.39 is 21.9 Å². The summed E-state index contributed by atoms with van der Waals surface area (Å²) in [5.74, 6) is 0. The van der Waals surface area contributed by atoms with Crippen molar-refractivity contribution in [2.75, 3.05) is 0 Å². The molecular formula is C14H11F3O3S. The molecule has 0 atom stereocenters. The molecule has 0 N–H and O–H groups in total. The fourth-order valence-corrected chi connectivity index (χ4v) is 2.50. The van der Waals surface area contributed by atoms with Gasteiger partial charge in [0.1, 0.15) is 0 Å². The number of benzene rings is 2. The summed E-state index contributed by atoms with van der Waals surface area (Å²) < 4.78 is 65.8. The number of hydrogen-bond donors (Lipinski definition) is 0. The highest BCUT2D eigenvalue weighted by Gasteiger charge is 2.30. The van der Waals surface area contributed by atoms with Crippen LogP contribution in [0.1, 0.15) is 11.1 Å². The van der Waals surface area contributed by atoms with Crippen molar-refractivity contribution in [3.63, 3.8) is 0 Å². The number of rotatable bonds is 4. The SMILES string of the molecule is O=S(=O)(OCc1ccccc1)c1ccc(C(F)(F)F)cc1. The number of alkyl halides is 3. The molecule has 0 saturated carbocycles. The molecular weight excluding hydrogens is 305 g/mol. The summed E-state index contributed by atoms with van der Waals surface area (Å²) in [4.78, 5) is -0.313. The van der Waals surface area contributed by atoms with Gasteiger partial charge in [-0.15, -0.1) is 0 Å². The van der Waals surface area contributed by atoms with Gasteiger partial charge in [-0.05, 0) is 29.8 Å². The fraction of sp³-hybridized carbons (Fsp3) is 0.143. The lowest BCUT2D eigenvalue weighted by Gasteiger charge is -2.08. The van der Waals surface area contributed by atoms with E-state index in [0.29, 0.717) is 17.7 Å². The lowest BCUT2D eigenvalue weighted by molar-refractivity contribution is -0.137. The van der Waals surface area contributed by atoms with E-state index in [1.807, 2.05) is 0 Å². The zero-order valence-corrected chi connectivity index (χ0v) is 11.5. The van der Waals surface area contributed by atoms with Gasteiger partial charge >= 0.3 is 6.18 Å². The van der Waals surface area contributed by atoms with Crippen molar-refractivity contribution in [3.8, 4) is 0 Å². The first kappa shape index (κ1) is 15.5. The van der Waals surface area contributed by atoms with E-state index in [9.17, 15) is 21.6 Å². The van der Waals surface area contributed by atoms with Crippen LogP contribution in [0.25, 0.3) is 0 Å². The van der Waals surface area contributed by atoms with Crippen LogP contribution in [0, 0.1) is 0 Å². The van der Waals surface area contributed by atoms with Crippen molar-refractivity contribution in [1.82, 2.24) is 0 Å². The van der Waals surface area contributed by atoms with E-state index in [4.69, 9.17) is 4.18 Å². The van der Waals surface area contributed by atoms with Crippen LogP contribution in [-0.4, -0.2) is 8.42 Å². The van der Waals surface area contributed by atoms with Crippen LogP contribution in [0.3, 0.4) is 0 Å². The molecule has 0 fully saturated rings. The topological polar surface area (TPSA) is 43.4 Å². The van der Waals surface area contributed by atoms with Gasteiger partial charge in [0.25, 0.3) is 10.1 Å². The van der Waals surface area contributed by atoms with Gasteiger partial charge in [-0.1, -0.05) is 30.3 Å². The zero-order chi connectivity index (χ0) is 15.5. The molecule has 0 bridgehead atoms. The highest BCUT2D eigenvalue weighted by molar-refractivity contribution is 7.86. The first-order valence-electron chi connectivity index (χ1n) is 5.90. The second-order valence-electron chi connectivity index (χ2n) is 4.22. The Morgan fingerprint density at radius 2 is 1.48 bits per heavy atom. The maximum absolute atomic E-state index is 12.4. The summed E-state index contributed by atoms with van der Waals surface area (Å²) >= 11 is 0. The first-order valence-corrected chi connectivity index (χ1v) is 7.30. The minimum absolute atomic E-state index is 0.176. The van der Waals surface area contributed by atoms with E-state index in [1.54, 1.807) is 30.3 Å². The lowest BCUT2D eigenvalue weighted by atomic mass is 10.2. The Hall–Kier alpha value is -1.86. The second kappa shape index (κ2) is 5.87. The van der Waals surface area contributed by atoms with Gasteiger partial charge in [-0.2, -0.15) is 21.6 Å². The second-order valence-corrected chi connectivity index (χ2v) is 5.84. The molecule has 0 aliphatic carbocycles. The lowest BCUT2D eigenvalue weighted by Crippen LogP contribution is -2.08. The number of halogens is 3.